The number of aromatic nitrogens is 3. The molecule has 0 aliphatic carbocycles. The summed E-state index contributed by atoms with van der Waals surface area (Å²) in [7, 11) is 0. The van der Waals surface area contributed by atoms with E-state index in [0.29, 0.717) is 11.0 Å². The lowest BCUT2D eigenvalue weighted by Crippen LogP contribution is -2.40. The van der Waals surface area contributed by atoms with Crippen molar-refractivity contribution in [1.82, 2.24) is 14.5 Å². The number of fused-ring (bicyclic) bond motifs is 1. The number of rotatable bonds is 5. The predicted octanol–water partition coefficient (Wildman–Crippen LogP) is 0.337. The number of ether oxygens (including phenoxy) is 4. The molecule has 4 atom stereocenters. The van der Waals surface area contributed by atoms with Crippen LogP contribution in [-0.2, 0) is 33.3 Å². The molecule has 0 amide bonds. The number of nitrogens with two attached hydrogens (primary N) is 1. The standard InChI is InChI=1S/C17H20N4O7/c1-8(22)25-6-12-14(26-9(2)23)15(27-10(3)24)17(28-12)21-7-20-13-11(21)4-5-19-16(13)18/h4-5,7,12,14-15,17H,6H2,1-3H3,(H2,18,19). The van der Waals surface area contributed by atoms with Crippen LogP contribution < -0.4 is 5.73 Å². The first-order valence-corrected chi connectivity index (χ1v) is 8.48. The fraction of sp³-hybridized carbons (Fsp3) is 0.471. The van der Waals surface area contributed by atoms with Gasteiger partial charge in [-0.3, -0.25) is 19.0 Å². The van der Waals surface area contributed by atoms with Crippen molar-refractivity contribution in [1.29, 1.82) is 0 Å². The van der Waals surface area contributed by atoms with Gasteiger partial charge in [0.05, 0.1) is 11.8 Å². The zero-order valence-electron chi connectivity index (χ0n) is 15.5. The van der Waals surface area contributed by atoms with Gasteiger partial charge in [0.2, 0.25) is 0 Å². The van der Waals surface area contributed by atoms with Crippen molar-refractivity contribution in [3.05, 3.63) is 18.6 Å². The fourth-order valence-corrected chi connectivity index (χ4v) is 3.10. The summed E-state index contributed by atoms with van der Waals surface area (Å²) in [5.41, 5.74) is 6.88. The molecule has 0 aromatic carbocycles. The molecule has 3 heterocycles. The molecule has 4 unspecified atom stereocenters. The van der Waals surface area contributed by atoms with E-state index in [4.69, 9.17) is 24.7 Å². The maximum Gasteiger partial charge on any atom is 0.303 e. The van der Waals surface area contributed by atoms with E-state index in [1.807, 2.05) is 0 Å². The molecule has 28 heavy (non-hydrogen) atoms. The van der Waals surface area contributed by atoms with Crippen molar-refractivity contribution in [2.24, 2.45) is 0 Å². The number of nitrogens with zero attached hydrogens (tertiary/aromatic N) is 3. The van der Waals surface area contributed by atoms with Gasteiger partial charge < -0.3 is 24.7 Å². The molecule has 2 N–H and O–H groups in total. The van der Waals surface area contributed by atoms with Crippen molar-refractivity contribution >= 4 is 34.8 Å². The first-order valence-electron chi connectivity index (χ1n) is 8.48. The minimum atomic E-state index is -0.992. The van der Waals surface area contributed by atoms with Gasteiger partial charge in [-0.1, -0.05) is 0 Å². The molecule has 0 bridgehead atoms. The number of hydrogen-bond acceptors (Lipinski definition) is 10. The Bertz CT molecular complexity index is 912. The van der Waals surface area contributed by atoms with Gasteiger partial charge >= 0.3 is 17.9 Å². The summed E-state index contributed by atoms with van der Waals surface area (Å²) < 4.78 is 23.3. The molecular weight excluding hydrogens is 372 g/mol. The van der Waals surface area contributed by atoms with Gasteiger partial charge in [-0.15, -0.1) is 0 Å². The quantitative estimate of drug-likeness (QED) is 0.558. The van der Waals surface area contributed by atoms with Gasteiger partial charge in [-0.2, -0.15) is 0 Å². The Kier molecular flexibility index (Phi) is 5.45. The maximum atomic E-state index is 11.7. The lowest BCUT2D eigenvalue weighted by Gasteiger charge is -2.23. The molecule has 150 valence electrons. The van der Waals surface area contributed by atoms with Crippen molar-refractivity contribution in [3.8, 4) is 0 Å². The van der Waals surface area contributed by atoms with Gasteiger partial charge in [0, 0.05) is 27.0 Å². The van der Waals surface area contributed by atoms with Crippen LogP contribution in [0.2, 0.25) is 0 Å². The molecule has 0 saturated carbocycles. The van der Waals surface area contributed by atoms with Gasteiger partial charge in [0.15, 0.2) is 24.3 Å². The summed E-state index contributed by atoms with van der Waals surface area (Å²) >= 11 is 0. The molecule has 0 spiro atoms. The summed E-state index contributed by atoms with van der Waals surface area (Å²) in [5, 5.41) is 0. The molecule has 11 nitrogen and oxygen atoms in total. The summed E-state index contributed by atoms with van der Waals surface area (Å²) in [4.78, 5) is 42.7. The summed E-state index contributed by atoms with van der Waals surface area (Å²) in [6.07, 6.45) is -0.746. The van der Waals surface area contributed by atoms with Crippen LogP contribution in [0.1, 0.15) is 27.0 Å². The highest BCUT2D eigenvalue weighted by Gasteiger charge is 2.50. The molecule has 2 aromatic rings. The van der Waals surface area contributed by atoms with Crippen molar-refractivity contribution < 1.29 is 33.3 Å². The fourth-order valence-electron chi connectivity index (χ4n) is 3.10. The van der Waals surface area contributed by atoms with Crippen molar-refractivity contribution in [2.75, 3.05) is 12.3 Å². The molecule has 1 aliphatic heterocycles. The summed E-state index contributed by atoms with van der Waals surface area (Å²) in [6, 6.07) is 1.67. The second-order valence-corrected chi connectivity index (χ2v) is 6.23. The minimum Gasteiger partial charge on any atom is -0.463 e. The topological polar surface area (TPSA) is 145 Å². The van der Waals surface area contributed by atoms with Gasteiger partial charge in [-0.05, 0) is 6.07 Å². The number of carbonyl (C=O) groups excluding carboxylic acids is 3. The average Bonchev–Trinajstić information content (AvgIpc) is 3.16. The number of anilines is 1. The number of imidazole rings is 1. The molecule has 2 aromatic heterocycles. The predicted molar refractivity (Wildman–Crippen MR) is 93.6 cm³/mol. The Hall–Kier alpha value is -3.21. The van der Waals surface area contributed by atoms with E-state index < -0.39 is 42.4 Å². The van der Waals surface area contributed by atoms with E-state index in [0.717, 1.165) is 0 Å². The second-order valence-electron chi connectivity index (χ2n) is 6.23. The van der Waals surface area contributed by atoms with Crippen molar-refractivity contribution in [3.63, 3.8) is 0 Å². The van der Waals surface area contributed by atoms with E-state index in [1.165, 1.54) is 33.3 Å². The molecule has 1 saturated heterocycles. The zero-order valence-corrected chi connectivity index (χ0v) is 15.5. The Morgan fingerprint density at radius 3 is 2.43 bits per heavy atom. The molecule has 1 aliphatic rings. The van der Waals surface area contributed by atoms with Gasteiger partial charge in [-0.25, -0.2) is 9.97 Å². The monoisotopic (exact) mass is 392 g/mol. The Morgan fingerprint density at radius 1 is 1.11 bits per heavy atom. The highest BCUT2D eigenvalue weighted by molar-refractivity contribution is 5.84. The molecule has 11 heteroatoms. The van der Waals surface area contributed by atoms with E-state index in [9.17, 15) is 14.4 Å². The van der Waals surface area contributed by atoms with E-state index in [-0.39, 0.29) is 12.4 Å². The van der Waals surface area contributed by atoms with Crippen LogP contribution in [0.5, 0.6) is 0 Å². The highest BCUT2D eigenvalue weighted by atomic mass is 16.7. The molecule has 3 rings (SSSR count). The number of carbonyl (C=O) groups is 3. The van der Waals surface area contributed by atoms with Gasteiger partial charge in [0.1, 0.15) is 18.2 Å². The SMILES string of the molecule is CC(=O)OCC1OC(n2cnc3c(N)nccc32)C(OC(C)=O)C1OC(C)=O. The van der Waals surface area contributed by atoms with Crippen LogP contribution in [0.15, 0.2) is 18.6 Å². The summed E-state index contributed by atoms with van der Waals surface area (Å²) in [5.74, 6) is -1.48. The zero-order chi connectivity index (χ0) is 20.4. The smallest absolute Gasteiger partial charge is 0.303 e. The largest absolute Gasteiger partial charge is 0.463 e. The summed E-state index contributed by atoms with van der Waals surface area (Å²) in [6.45, 7) is 3.52. The van der Waals surface area contributed by atoms with Crippen LogP contribution >= 0.6 is 0 Å². The number of nitrogen functional groups attached to an aromatic ring is 1. The molecule has 1 fully saturated rings. The molecule has 0 radical (unpaired) electrons. The van der Waals surface area contributed by atoms with Gasteiger partial charge in [0.25, 0.3) is 0 Å². The minimum absolute atomic E-state index is 0.183. The Balaban J connectivity index is 2.01. The normalized spacial score (nSPS) is 24.1. The van der Waals surface area contributed by atoms with Crippen LogP contribution in [-0.4, -0.2) is 57.4 Å². The van der Waals surface area contributed by atoms with Crippen LogP contribution in [0.3, 0.4) is 0 Å². The third-order valence-corrected chi connectivity index (χ3v) is 4.14. The third-order valence-electron chi connectivity index (χ3n) is 4.14. The first kappa shape index (κ1) is 19.5. The Morgan fingerprint density at radius 2 is 1.79 bits per heavy atom. The van der Waals surface area contributed by atoms with Crippen LogP contribution in [0.25, 0.3) is 11.0 Å². The number of esters is 3. The number of pyridine rings is 1. The average molecular weight is 392 g/mol. The van der Waals surface area contributed by atoms with E-state index in [2.05, 4.69) is 9.97 Å². The van der Waals surface area contributed by atoms with Crippen molar-refractivity contribution in [2.45, 2.75) is 45.3 Å². The van der Waals surface area contributed by atoms with Crippen LogP contribution in [0.4, 0.5) is 5.82 Å². The molecular formula is C17H20N4O7. The number of hydrogen-bond donors (Lipinski definition) is 1. The third kappa shape index (κ3) is 3.88. The second kappa shape index (κ2) is 7.80. The Labute approximate surface area is 159 Å². The highest BCUT2D eigenvalue weighted by Crippen LogP contribution is 2.36. The van der Waals surface area contributed by atoms with Crippen LogP contribution in [0, 0.1) is 0 Å². The first-order chi connectivity index (χ1) is 13.3. The van der Waals surface area contributed by atoms with E-state index in [1.54, 1.807) is 10.6 Å². The lowest BCUT2D eigenvalue weighted by molar-refractivity contribution is -0.166. The van der Waals surface area contributed by atoms with E-state index >= 15 is 0 Å². The lowest BCUT2D eigenvalue weighted by atomic mass is 10.1. The maximum absolute atomic E-state index is 11.7.